The predicted molar refractivity (Wildman–Crippen MR) is 69.8 cm³/mol. The fourth-order valence-corrected chi connectivity index (χ4v) is 2.69. The summed E-state index contributed by atoms with van der Waals surface area (Å²) in [5, 5.41) is 1.36. The highest BCUT2D eigenvalue weighted by molar-refractivity contribution is 7.99. The van der Waals surface area contributed by atoms with E-state index in [2.05, 4.69) is 15.0 Å². The average molecular weight is 320 g/mol. The highest BCUT2D eigenvalue weighted by Gasteiger charge is 2.30. The number of alkyl halides is 3. The Morgan fingerprint density at radius 1 is 1.20 bits per heavy atom. The summed E-state index contributed by atoms with van der Waals surface area (Å²) in [5.74, 6) is 0. The van der Waals surface area contributed by atoms with Gasteiger partial charge >= 0.3 is 6.18 Å². The van der Waals surface area contributed by atoms with Crippen LogP contribution in [0.3, 0.4) is 0 Å². The summed E-state index contributed by atoms with van der Waals surface area (Å²) in [7, 11) is 0. The number of nitrogens with zero attached hydrogens (tertiary/aromatic N) is 3. The molecule has 2 aromatic heterocycles. The summed E-state index contributed by atoms with van der Waals surface area (Å²) in [6.45, 7) is 1.90. The van der Waals surface area contributed by atoms with E-state index in [1.165, 1.54) is 12.4 Å². The molecule has 0 radical (unpaired) electrons. The van der Waals surface area contributed by atoms with Gasteiger partial charge in [0.1, 0.15) is 21.5 Å². The van der Waals surface area contributed by atoms with E-state index in [-0.39, 0.29) is 0 Å². The van der Waals surface area contributed by atoms with E-state index >= 15 is 0 Å². The van der Waals surface area contributed by atoms with Gasteiger partial charge in [-0.05, 0) is 30.3 Å². The highest BCUT2D eigenvalue weighted by atomic mass is 35.5. The largest absolute Gasteiger partial charge is 0.417 e. The number of rotatable bonds is 3. The van der Waals surface area contributed by atoms with Crippen LogP contribution in [0.1, 0.15) is 18.1 Å². The fourth-order valence-electron chi connectivity index (χ4n) is 1.47. The van der Waals surface area contributed by atoms with Gasteiger partial charge in [-0.3, -0.25) is 0 Å². The van der Waals surface area contributed by atoms with Gasteiger partial charge in [0, 0.05) is 11.8 Å². The second-order valence-corrected chi connectivity index (χ2v) is 5.15. The number of aromatic nitrogens is 3. The van der Waals surface area contributed by atoms with Gasteiger partial charge in [-0.2, -0.15) is 13.2 Å². The maximum atomic E-state index is 12.4. The minimum Gasteiger partial charge on any atom is -0.249 e. The molecule has 0 aliphatic heterocycles. The molecule has 0 fully saturated rings. The standard InChI is InChI=1S/C12H9ClF3N3S/c1-2-8-10(13)18-6-19-11(8)20-9-4-3-7(5-17-9)12(14,15)16/h3-6H,2H2,1H3. The molecule has 2 heterocycles. The molecule has 0 aliphatic rings. The highest BCUT2D eigenvalue weighted by Crippen LogP contribution is 2.33. The minimum absolute atomic E-state index is 0.344. The van der Waals surface area contributed by atoms with Crippen molar-refractivity contribution >= 4 is 23.4 Å². The third-order valence-corrected chi connectivity index (χ3v) is 3.79. The summed E-state index contributed by atoms with van der Waals surface area (Å²) in [6, 6.07) is 2.30. The van der Waals surface area contributed by atoms with Crippen molar-refractivity contribution in [1.82, 2.24) is 15.0 Å². The lowest BCUT2D eigenvalue weighted by molar-refractivity contribution is -0.137. The van der Waals surface area contributed by atoms with Crippen molar-refractivity contribution in [2.45, 2.75) is 29.6 Å². The molecule has 2 rings (SSSR count). The van der Waals surface area contributed by atoms with E-state index in [1.807, 2.05) is 6.92 Å². The first kappa shape index (κ1) is 15.1. The Bertz CT molecular complexity index is 602. The van der Waals surface area contributed by atoms with Gasteiger partial charge in [0.05, 0.1) is 5.56 Å². The molecule has 0 aliphatic carbocycles. The van der Waals surface area contributed by atoms with Crippen molar-refractivity contribution in [1.29, 1.82) is 0 Å². The molecule has 0 spiro atoms. The van der Waals surface area contributed by atoms with Crippen LogP contribution in [0.25, 0.3) is 0 Å². The third kappa shape index (κ3) is 3.40. The SMILES string of the molecule is CCc1c(Cl)ncnc1Sc1ccc(C(F)(F)F)cn1. The molecule has 8 heteroatoms. The second-order valence-electron chi connectivity index (χ2n) is 3.79. The zero-order valence-electron chi connectivity index (χ0n) is 10.3. The van der Waals surface area contributed by atoms with Crippen LogP contribution in [-0.2, 0) is 12.6 Å². The van der Waals surface area contributed by atoms with E-state index in [0.717, 1.165) is 29.6 Å². The molecule has 0 amide bonds. The average Bonchev–Trinajstić information content (AvgIpc) is 2.38. The first-order valence-corrected chi connectivity index (χ1v) is 6.81. The molecule has 0 unspecified atom stereocenters. The number of halogens is 4. The van der Waals surface area contributed by atoms with Crippen molar-refractivity contribution in [3.63, 3.8) is 0 Å². The predicted octanol–water partition coefficient (Wildman–Crippen LogP) is 4.26. The molecule has 0 saturated heterocycles. The Balaban J connectivity index is 2.25. The van der Waals surface area contributed by atoms with E-state index in [1.54, 1.807) is 0 Å². The van der Waals surface area contributed by atoms with Crippen molar-refractivity contribution in [3.05, 3.63) is 40.9 Å². The lowest BCUT2D eigenvalue weighted by Gasteiger charge is -2.08. The second kappa shape index (κ2) is 5.97. The Morgan fingerprint density at radius 3 is 2.50 bits per heavy atom. The van der Waals surface area contributed by atoms with Crippen molar-refractivity contribution < 1.29 is 13.2 Å². The van der Waals surface area contributed by atoms with Crippen molar-refractivity contribution in [2.24, 2.45) is 0 Å². The lowest BCUT2D eigenvalue weighted by Crippen LogP contribution is -2.05. The van der Waals surface area contributed by atoms with Gasteiger partial charge in [-0.25, -0.2) is 15.0 Å². The maximum absolute atomic E-state index is 12.4. The smallest absolute Gasteiger partial charge is 0.249 e. The molecular formula is C12H9ClF3N3S. The van der Waals surface area contributed by atoms with E-state index in [4.69, 9.17) is 11.6 Å². The molecule has 0 aromatic carbocycles. The van der Waals surface area contributed by atoms with Gasteiger partial charge in [-0.15, -0.1) is 0 Å². The van der Waals surface area contributed by atoms with E-state index in [0.29, 0.717) is 21.6 Å². The molecule has 0 bridgehead atoms. The summed E-state index contributed by atoms with van der Waals surface area (Å²) in [6.07, 6.45) is -1.64. The van der Waals surface area contributed by atoms with E-state index < -0.39 is 11.7 Å². The fraction of sp³-hybridized carbons (Fsp3) is 0.250. The van der Waals surface area contributed by atoms with Gasteiger partial charge in [-0.1, -0.05) is 18.5 Å². The number of pyridine rings is 1. The first-order valence-electron chi connectivity index (χ1n) is 5.62. The molecule has 20 heavy (non-hydrogen) atoms. The van der Waals surface area contributed by atoms with Crippen molar-refractivity contribution in [2.75, 3.05) is 0 Å². The van der Waals surface area contributed by atoms with Crippen LogP contribution in [-0.4, -0.2) is 15.0 Å². The van der Waals surface area contributed by atoms with Gasteiger partial charge in [0.25, 0.3) is 0 Å². The Morgan fingerprint density at radius 2 is 1.95 bits per heavy atom. The van der Waals surface area contributed by atoms with Crippen LogP contribution in [0.2, 0.25) is 5.15 Å². The van der Waals surface area contributed by atoms with E-state index in [9.17, 15) is 13.2 Å². The number of hydrogen-bond donors (Lipinski definition) is 0. The molecule has 3 nitrogen and oxygen atoms in total. The monoisotopic (exact) mass is 319 g/mol. The third-order valence-electron chi connectivity index (χ3n) is 2.47. The maximum Gasteiger partial charge on any atom is 0.417 e. The van der Waals surface area contributed by atoms with Crippen LogP contribution in [0.4, 0.5) is 13.2 Å². The Kier molecular flexibility index (Phi) is 4.49. The Labute approximate surface area is 122 Å². The normalized spacial score (nSPS) is 11.7. The minimum atomic E-state index is -4.39. The lowest BCUT2D eigenvalue weighted by atomic mass is 10.3. The summed E-state index contributed by atoms with van der Waals surface area (Å²) in [4.78, 5) is 11.7. The molecule has 106 valence electrons. The summed E-state index contributed by atoms with van der Waals surface area (Å²) in [5.41, 5.74) is -0.0286. The summed E-state index contributed by atoms with van der Waals surface area (Å²) >= 11 is 7.11. The van der Waals surface area contributed by atoms with Crippen LogP contribution < -0.4 is 0 Å². The van der Waals surface area contributed by atoms with Crippen LogP contribution in [0.15, 0.2) is 34.7 Å². The number of hydrogen-bond acceptors (Lipinski definition) is 4. The zero-order chi connectivity index (χ0) is 14.8. The molecule has 2 aromatic rings. The molecule has 0 atom stereocenters. The molecule has 0 saturated carbocycles. The Hall–Kier alpha value is -1.34. The molecule has 0 N–H and O–H groups in total. The molecular weight excluding hydrogens is 311 g/mol. The van der Waals surface area contributed by atoms with Crippen molar-refractivity contribution in [3.8, 4) is 0 Å². The van der Waals surface area contributed by atoms with Gasteiger partial charge < -0.3 is 0 Å². The first-order chi connectivity index (χ1) is 9.41. The van der Waals surface area contributed by atoms with Gasteiger partial charge in [0.2, 0.25) is 0 Å². The van der Waals surface area contributed by atoms with Crippen LogP contribution >= 0.6 is 23.4 Å². The summed E-state index contributed by atoms with van der Waals surface area (Å²) < 4.78 is 37.3. The van der Waals surface area contributed by atoms with Crippen LogP contribution in [0.5, 0.6) is 0 Å². The van der Waals surface area contributed by atoms with Gasteiger partial charge in [0.15, 0.2) is 0 Å². The topological polar surface area (TPSA) is 38.7 Å². The van der Waals surface area contributed by atoms with Crippen LogP contribution in [0, 0.1) is 0 Å². The zero-order valence-corrected chi connectivity index (χ0v) is 11.9. The quantitative estimate of drug-likeness (QED) is 0.792.